The first-order chi connectivity index (χ1) is 14.7. The van der Waals surface area contributed by atoms with Crippen LogP contribution in [0.5, 0.6) is 5.75 Å². The Hall–Kier alpha value is -3.12. The first-order valence-electron chi connectivity index (χ1n) is 9.95. The number of ether oxygens (including phenoxy) is 1. The number of benzene rings is 3. The number of carbonyl (C=O) groups is 1. The van der Waals surface area contributed by atoms with Crippen LogP contribution >= 0.6 is 15.9 Å². The van der Waals surface area contributed by atoms with E-state index in [1.807, 2.05) is 60.7 Å². The normalized spacial score (nSPS) is 11.5. The fourth-order valence-corrected chi connectivity index (χ4v) is 3.39. The predicted molar refractivity (Wildman–Crippen MR) is 126 cm³/mol. The number of hydrogen-bond acceptors (Lipinski definition) is 4. The molecule has 0 aliphatic carbocycles. The smallest absolute Gasteiger partial charge is 0.267 e. The quantitative estimate of drug-likeness (QED) is 0.347. The molecule has 4 rings (SSSR count). The summed E-state index contributed by atoms with van der Waals surface area (Å²) in [5, 5.41) is 2.91. The number of nitrogens with one attached hydrogen (secondary N) is 1. The number of nitrogens with zero attached hydrogens (tertiary/aromatic N) is 1. The number of fused-ring (bicyclic) bond motifs is 1. The standard InChI is InChI=1S/C25H23BrN2O3/c1-15-13-21-22(14-16(15)2)30-23(28-21)17-5-9-19(10-6-17)27-24(29)25(3,4)31-20-11-7-18(26)8-12-20/h5-14H,1-4H3,(H,27,29). The van der Waals surface area contributed by atoms with E-state index in [1.54, 1.807) is 13.8 Å². The summed E-state index contributed by atoms with van der Waals surface area (Å²) in [6, 6.07) is 18.8. The molecule has 1 aromatic heterocycles. The molecule has 5 nitrogen and oxygen atoms in total. The van der Waals surface area contributed by atoms with Crippen molar-refractivity contribution in [2.45, 2.75) is 33.3 Å². The molecule has 1 N–H and O–H groups in total. The highest BCUT2D eigenvalue weighted by molar-refractivity contribution is 9.10. The Morgan fingerprint density at radius 1 is 1.00 bits per heavy atom. The Morgan fingerprint density at radius 3 is 2.32 bits per heavy atom. The van der Waals surface area contributed by atoms with Crippen molar-refractivity contribution in [3.05, 3.63) is 76.3 Å². The van der Waals surface area contributed by atoms with Crippen LogP contribution in [0.15, 0.2) is 69.6 Å². The van der Waals surface area contributed by atoms with Crippen LogP contribution in [0.1, 0.15) is 25.0 Å². The van der Waals surface area contributed by atoms with Gasteiger partial charge in [0.25, 0.3) is 5.91 Å². The molecule has 0 saturated carbocycles. The van der Waals surface area contributed by atoms with Crippen molar-refractivity contribution >= 4 is 38.6 Å². The summed E-state index contributed by atoms with van der Waals surface area (Å²) in [4.78, 5) is 17.4. The molecule has 0 fully saturated rings. The highest BCUT2D eigenvalue weighted by Gasteiger charge is 2.30. The molecule has 0 bridgehead atoms. The van der Waals surface area contributed by atoms with Crippen LogP contribution in [-0.4, -0.2) is 16.5 Å². The van der Waals surface area contributed by atoms with E-state index in [9.17, 15) is 4.79 Å². The van der Waals surface area contributed by atoms with Gasteiger partial charge in [-0.05, 0) is 99.5 Å². The lowest BCUT2D eigenvalue weighted by Crippen LogP contribution is -2.42. The fraction of sp³-hybridized carbons (Fsp3) is 0.200. The molecule has 3 aromatic carbocycles. The highest BCUT2D eigenvalue weighted by atomic mass is 79.9. The van der Waals surface area contributed by atoms with Crippen LogP contribution in [0.4, 0.5) is 5.69 Å². The number of hydrogen-bond donors (Lipinski definition) is 1. The van der Waals surface area contributed by atoms with Gasteiger partial charge in [-0.1, -0.05) is 15.9 Å². The summed E-state index contributed by atoms with van der Waals surface area (Å²) in [7, 11) is 0. The third-order valence-corrected chi connectivity index (χ3v) is 5.66. The van der Waals surface area contributed by atoms with Crippen molar-refractivity contribution in [1.82, 2.24) is 4.98 Å². The Morgan fingerprint density at radius 2 is 1.65 bits per heavy atom. The molecule has 158 valence electrons. The van der Waals surface area contributed by atoms with Crippen molar-refractivity contribution in [2.24, 2.45) is 0 Å². The molecule has 0 atom stereocenters. The van der Waals surface area contributed by atoms with E-state index >= 15 is 0 Å². The molecule has 1 heterocycles. The number of rotatable bonds is 5. The molecule has 0 aliphatic rings. The number of aryl methyl sites for hydroxylation is 2. The first kappa shape index (κ1) is 21.1. The zero-order chi connectivity index (χ0) is 22.2. The Kier molecular flexibility index (Phi) is 5.58. The van der Waals surface area contributed by atoms with Crippen LogP contribution in [0.25, 0.3) is 22.6 Å². The van der Waals surface area contributed by atoms with Crippen molar-refractivity contribution in [2.75, 3.05) is 5.32 Å². The lowest BCUT2D eigenvalue weighted by atomic mass is 10.1. The van der Waals surface area contributed by atoms with Gasteiger partial charge in [0.2, 0.25) is 5.89 Å². The minimum atomic E-state index is -1.04. The van der Waals surface area contributed by atoms with Crippen LogP contribution in [0, 0.1) is 13.8 Å². The van der Waals surface area contributed by atoms with E-state index in [-0.39, 0.29) is 5.91 Å². The van der Waals surface area contributed by atoms with Crippen molar-refractivity contribution in [3.8, 4) is 17.2 Å². The summed E-state index contributed by atoms with van der Waals surface area (Å²) in [6.45, 7) is 7.58. The molecule has 0 aliphatic heterocycles. The summed E-state index contributed by atoms with van der Waals surface area (Å²) in [5.41, 5.74) is 4.42. The number of amides is 1. The van der Waals surface area contributed by atoms with E-state index in [0.29, 0.717) is 17.3 Å². The zero-order valence-electron chi connectivity index (χ0n) is 17.8. The van der Waals surface area contributed by atoms with Crippen molar-refractivity contribution in [1.29, 1.82) is 0 Å². The van der Waals surface area contributed by atoms with Crippen LogP contribution in [0.2, 0.25) is 0 Å². The molecule has 4 aromatic rings. The van der Waals surface area contributed by atoms with Gasteiger partial charge in [-0.25, -0.2) is 4.98 Å². The number of halogens is 1. The Bertz CT molecular complexity index is 1200. The highest BCUT2D eigenvalue weighted by Crippen LogP contribution is 2.28. The van der Waals surface area contributed by atoms with Crippen molar-refractivity contribution in [3.63, 3.8) is 0 Å². The third kappa shape index (κ3) is 4.64. The summed E-state index contributed by atoms with van der Waals surface area (Å²) >= 11 is 3.39. The maximum Gasteiger partial charge on any atom is 0.267 e. The van der Waals surface area contributed by atoms with Crippen molar-refractivity contribution < 1.29 is 13.9 Å². The molecule has 31 heavy (non-hydrogen) atoms. The minimum Gasteiger partial charge on any atom is -0.478 e. The Labute approximate surface area is 189 Å². The van der Waals surface area contributed by atoms with Gasteiger partial charge in [0.15, 0.2) is 11.2 Å². The lowest BCUT2D eigenvalue weighted by molar-refractivity contribution is -0.128. The Balaban J connectivity index is 1.47. The second-order valence-corrected chi connectivity index (χ2v) is 8.94. The van der Waals surface area contributed by atoms with Gasteiger partial charge in [-0.2, -0.15) is 0 Å². The second-order valence-electron chi connectivity index (χ2n) is 8.02. The average molecular weight is 479 g/mol. The zero-order valence-corrected chi connectivity index (χ0v) is 19.4. The molecule has 0 unspecified atom stereocenters. The van der Waals surface area contributed by atoms with Gasteiger partial charge in [0.05, 0.1) is 0 Å². The maximum absolute atomic E-state index is 12.8. The summed E-state index contributed by atoms with van der Waals surface area (Å²) in [6.07, 6.45) is 0. The van der Waals surface area contributed by atoms with E-state index in [4.69, 9.17) is 9.15 Å². The van der Waals surface area contributed by atoms with Gasteiger partial charge in [-0.3, -0.25) is 4.79 Å². The summed E-state index contributed by atoms with van der Waals surface area (Å²) < 4.78 is 12.7. The molecule has 0 radical (unpaired) electrons. The van der Waals surface area contributed by atoms with Crippen LogP contribution in [-0.2, 0) is 4.79 Å². The first-order valence-corrected chi connectivity index (χ1v) is 10.7. The summed E-state index contributed by atoms with van der Waals surface area (Å²) in [5.74, 6) is 0.938. The lowest BCUT2D eigenvalue weighted by Gasteiger charge is -2.25. The van der Waals surface area contributed by atoms with Gasteiger partial charge < -0.3 is 14.5 Å². The fourth-order valence-electron chi connectivity index (χ4n) is 3.12. The predicted octanol–water partition coefficient (Wildman–Crippen LogP) is 6.67. The van der Waals surface area contributed by atoms with E-state index in [0.717, 1.165) is 21.1 Å². The van der Waals surface area contributed by atoms with E-state index in [1.165, 1.54) is 11.1 Å². The molecule has 6 heteroatoms. The number of aromatic nitrogens is 1. The van der Waals surface area contributed by atoms with Gasteiger partial charge in [0.1, 0.15) is 11.3 Å². The minimum absolute atomic E-state index is 0.240. The van der Waals surface area contributed by atoms with E-state index in [2.05, 4.69) is 40.1 Å². The number of carbonyl (C=O) groups excluding carboxylic acids is 1. The topological polar surface area (TPSA) is 64.4 Å². The maximum atomic E-state index is 12.8. The third-order valence-electron chi connectivity index (χ3n) is 5.13. The number of oxazole rings is 1. The SMILES string of the molecule is Cc1cc2nc(-c3ccc(NC(=O)C(C)(C)Oc4ccc(Br)cc4)cc3)oc2cc1C. The van der Waals surface area contributed by atoms with Gasteiger partial charge in [-0.15, -0.1) is 0 Å². The van der Waals surface area contributed by atoms with Crippen LogP contribution < -0.4 is 10.1 Å². The monoisotopic (exact) mass is 478 g/mol. The molecule has 0 spiro atoms. The second kappa shape index (κ2) is 8.19. The molecular weight excluding hydrogens is 456 g/mol. The average Bonchev–Trinajstić information content (AvgIpc) is 3.13. The molecular formula is C25H23BrN2O3. The molecule has 0 saturated heterocycles. The van der Waals surface area contributed by atoms with E-state index < -0.39 is 5.60 Å². The molecule has 1 amide bonds. The van der Waals surface area contributed by atoms with Gasteiger partial charge >= 0.3 is 0 Å². The number of anilines is 1. The van der Waals surface area contributed by atoms with Crippen LogP contribution in [0.3, 0.4) is 0 Å². The largest absolute Gasteiger partial charge is 0.478 e. The van der Waals surface area contributed by atoms with Gasteiger partial charge in [0, 0.05) is 15.7 Å².